The predicted octanol–water partition coefficient (Wildman–Crippen LogP) is 3.10. The minimum Gasteiger partial charge on any atom is -0.347 e. The summed E-state index contributed by atoms with van der Waals surface area (Å²) in [4.78, 5) is 17.7. The first-order valence-electron chi connectivity index (χ1n) is 6.42. The van der Waals surface area contributed by atoms with Crippen molar-refractivity contribution in [3.63, 3.8) is 0 Å². The number of rotatable bonds is 4. The van der Waals surface area contributed by atoms with E-state index in [1.807, 2.05) is 30.0 Å². The average molecular weight is 330 g/mol. The molecule has 0 bridgehead atoms. The number of carbonyl (C=O) groups excluding carboxylic acids is 1. The standard InChI is InChI=1S/C15H14N4OS2/c1-21-15(18-10-16)19-13-7-3-2-6-12(13)14(20)17-9-11-5-4-8-22-11/h2-8H,9H2,1H3,(H,17,20)(H,18,19). The van der Waals surface area contributed by atoms with Gasteiger partial charge in [0.05, 0.1) is 17.8 Å². The summed E-state index contributed by atoms with van der Waals surface area (Å²) in [6, 6.07) is 11.0. The summed E-state index contributed by atoms with van der Waals surface area (Å²) in [5.74, 6) is -0.190. The van der Waals surface area contributed by atoms with Crippen LogP contribution in [0.15, 0.2) is 46.8 Å². The summed E-state index contributed by atoms with van der Waals surface area (Å²) in [6.07, 6.45) is 3.64. The van der Waals surface area contributed by atoms with E-state index in [9.17, 15) is 4.79 Å². The molecule has 0 saturated carbocycles. The number of hydrogen-bond acceptors (Lipinski definition) is 5. The molecule has 7 heteroatoms. The number of thioether (sulfide) groups is 1. The molecule has 1 aromatic carbocycles. The molecule has 0 atom stereocenters. The zero-order valence-electron chi connectivity index (χ0n) is 11.9. The van der Waals surface area contributed by atoms with Gasteiger partial charge in [-0.05, 0) is 29.8 Å². The molecule has 0 unspecified atom stereocenters. The quantitative estimate of drug-likeness (QED) is 0.391. The fourth-order valence-corrected chi connectivity index (χ4v) is 2.70. The lowest BCUT2D eigenvalue weighted by molar-refractivity contribution is 0.0952. The fraction of sp³-hybridized carbons (Fsp3) is 0.133. The third kappa shape index (κ3) is 4.35. The lowest BCUT2D eigenvalue weighted by Crippen LogP contribution is -2.22. The van der Waals surface area contributed by atoms with Crippen molar-refractivity contribution in [2.45, 2.75) is 6.54 Å². The molecule has 112 valence electrons. The Labute approximate surface area is 137 Å². The fourth-order valence-electron chi connectivity index (χ4n) is 1.72. The molecule has 5 nitrogen and oxygen atoms in total. The zero-order valence-corrected chi connectivity index (χ0v) is 13.5. The van der Waals surface area contributed by atoms with E-state index in [4.69, 9.17) is 5.26 Å². The van der Waals surface area contributed by atoms with Crippen molar-refractivity contribution in [1.29, 1.82) is 5.26 Å². The molecule has 0 spiro atoms. The molecule has 0 radical (unpaired) electrons. The number of para-hydroxylation sites is 1. The predicted molar refractivity (Wildman–Crippen MR) is 91.3 cm³/mol. The van der Waals surface area contributed by atoms with E-state index in [1.165, 1.54) is 11.8 Å². The number of benzene rings is 1. The van der Waals surface area contributed by atoms with Gasteiger partial charge in [-0.15, -0.1) is 11.3 Å². The van der Waals surface area contributed by atoms with Gasteiger partial charge < -0.3 is 5.32 Å². The lowest BCUT2D eigenvalue weighted by Gasteiger charge is -2.07. The van der Waals surface area contributed by atoms with Crippen LogP contribution in [0.4, 0.5) is 5.69 Å². The van der Waals surface area contributed by atoms with Gasteiger partial charge in [0.2, 0.25) is 0 Å². The maximum absolute atomic E-state index is 12.3. The van der Waals surface area contributed by atoms with Crippen molar-refractivity contribution in [3.8, 4) is 6.19 Å². The maximum atomic E-state index is 12.3. The van der Waals surface area contributed by atoms with E-state index in [-0.39, 0.29) is 5.91 Å². The first-order valence-corrected chi connectivity index (χ1v) is 8.52. The maximum Gasteiger partial charge on any atom is 0.253 e. The Morgan fingerprint density at radius 1 is 1.36 bits per heavy atom. The number of carbonyl (C=O) groups is 1. The minimum atomic E-state index is -0.190. The van der Waals surface area contributed by atoms with Crippen molar-refractivity contribution in [2.75, 3.05) is 6.26 Å². The van der Waals surface area contributed by atoms with Crippen LogP contribution in [0.1, 0.15) is 15.2 Å². The smallest absolute Gasteiger partial charge is 0.253 e. The summed E-state index contributed by atoms with van der Waals surface area (Å²) in [5.41, 5.74) is 1.00. The highest BCUT2D eigenvalue weighted by molar-refractivity contribution is 8.13. The molecule has 2 rings (SSSR count). The molecule has 2 N–H and O–H groups in total. The highest BCUT2D eigenvalue weighted by atomic mass is 32.2. The number of amidine groups is 1. The van der Waals surface area contributed by atoms with Gasteiger partial charge in [0.25, 0.3) is 5.91 Å². The van der Waals surface area contributed by atoms with Gasteiger partial charge in [-0.2, -0.15) is 5.26 Å². The number of nitrogens with zero attached hydrogens (tertiary/aromatic N) is 2. The average Bonchev–Trinajstić information content (AvgIpc) is 3.06. The molecule has 1 aromatic heterocycles. The Morgan fingerprint density at radius 3 is 2.86 bits per heavy atom. The van der Waals surface area contributed by atoms with Gasteiger partial charge in [-0.25, -0.2) is 4.99 Å². The van der Waals surface area contributed by atoms with Gasteiger partial charge in [0.15, 0.2) is 11.4 Å². The van der Waals surface area contributed by atoms with Crippen LogP contribution in [0.3, 0.4) is 0 Å². The molecule has 0 saturated heterocycles. The number of thiophene rings is 1. The van der Waals surface area contributed by atoms with Crippen LogP contribution < -0.4 is 10.6 Å². The van der Waals surface area contributed by atoms with Crippen molar-refractivity contribution in [3.05, 3.63) is 52.2 Å². The number of nitriles is 1. The van der Waals surface area contributed by atoms with Crippen LogP contribution in [0.2, 0.25) is 0 Å². The number of amides is 1. The van der Waals surface area contributed by atoms with Crippen molar-refractivity contribution in [1.82, 2.24) is 10.6 Å². The third-order valence-corrected chi connectivity index (χ3v) is 4.19. The SMILES string of the molecule is CSC(=Nc1ccccc1C(=O)NCc1cccs1)NC#N. The highest BCUT2D eigenvalue weighted by Crippen LogP contribution is 2.20. The molecule has 22 heavy (non-hydrogen) atoms. The monoisotopic (exact) mass is 330 g/mol. The number of nitrogens with one attached hydrogen (secondary N) is 2. The van der Waals surface area contributed by atoms with Crippen LogP contribution in [-0.2, 0) is 6.54 Å². The van der Waals surface area contributed by atoms with Crippen molar-refractivity contribution < 1.29 is 4.79 Å². The molecule has 0 aliphatic heterocycles. The van der Waals surface area contributed by atoms with Crippen LogP contribution in [0, 0.1) is 11.5 Å². The van der Waals surface area contributed by atoms with Crippen LogP contribution in [-0.4, -0.2) is 17.3 Å². The highest BCUT2D eigenvalue weighted by Gasteiger charge is 2.11. The van der Waals surface area contributed by atoms with Crippen molar-refractivity contribution >= 4 is 39.9 Å². The first-order chi connectivity index (χ1) is 10.7. The molecule has 0 aliphatic carbocycles. The third-order valence-electron chi connectivity index (χ3n) is 2.73. The second kappa shape index (κ2) is 8.22. The summed E-state index contributed by atoms with van der Waals surface area (Å²) in [6.45, 7) is 0.486. The second-order valence-corrected chi connectivity index (χ2v) is 5.96. The van der Waals surface area contributed by atoms with Crippen LogP contribution in [0.5, 0.6) is 0 Å². The van der Waals surface area contributed by atoms with Gasteiger partial charge in [-0.3, -0.25) is 10.1 Å². The molecule has 0 aliphatic rings. The Morgan fingerprint density at radius 2 is 2.18 bits per heavy atom. The van der Waals surface area contributed by atoms with Gasteiger partial charge in [0.1, 0.15) is 0 Å². The molecule has 2 aromatic rings. The Hall–Kier alpha value is -2.30. The minimum absolute atomic E-state index is 0.190. The summed E-state index contributed by atoms with van der Waals surface area (Å²) in [7, 11) is 0. The number of aliphatic imine (C=N–C) groups is 1. The lowest BCUT2D eigenvalue weighted by atomic mass is 10.1. The van der Waals surface area contributed by atoms with Crippen LogP contribution >= 0.6 is 23.1 Å². The van der Waals surface area contributed by atoms with Gasteiger partial charge in [0, 0.05) is 4.88 Å². The normalized spacial score (nSPS) is 10.8. The number of hydrogen-bond donors (Lipinski definition) is 2. The molecular formula is C15H14N4OS2. The van der Waals surface area contributed by atoms with E-state index >= 15 is 0 Å². The van der Waals surface area contributed by atoms with Crippen molar-refractivity contribution in [2.24, 2.45) is 4.99 Å². The Balaban J connectivity index is 2.16. The zero-order chi connectivity index (χ0) is 15.8. The van der Waals surface area contributed by atoms with E-state index in [1.54, 1.807) is 35.6 Å². The molecule has 1 amide bonds. The second-order valence-electron chi connectivity index (χ2n) is 4.14. The molecule has 0 fully saturated rings. The van der Waals surface area contributed by atoms with E-state index in [0.29, 0.717) is 23.0 Å². The van der Waals surface area contributed by atoms with E-state index in [2.05, 4.69) is 15.6 Å². The van der Waals surface area contributed by atoms with E-state index in [0.717, 1.165) is 4.88 Å². The van der Waals surface area contributed by atoms with Gasteiger partial charge >= 0.3 is 0 Å². The molecular weight excluding hydrogens is 316 g/mol. The van der Waals surface area contributed by atoms with Crippen LogP contribution in [0.25, 0.3) is 0 Å². The van der Waals surface area contributed by atoms with E-state index < -0.39 is 0 Å². The molecule has 1 heterocycles. The Kier molecular flexibility index (Phi) is 6.01. The Bertz CT molecular complexity index is 705. The largest absolute Gasteiger partial charge is 0.347 e. The summed E-state index contributed by atoms with van der Waals surface area (Å²) < 4.78 is 0. The topological polar surface area (TPSA) is 77.3 Å². The summed E-state index contributed by atoms with van der Waals surface area (Å²) in [5, 5.41) is 16.5. The summed E-state index contributed by atoms with van der Waals surface area (Å²) >= 11 is 2.90. The van der Waals surface area contributed by atoms with Gasteiger partial charge in [-0.1, -0.05) is 30.0 Å². The first kappa shape index (κ1) is 16.1.